The molecule has 6 aromatic rings. The summed E-state index contributed by atoms with van der Waals surface area (Å²) in [5, 5.41) is 3.08. The Morgan fingerprint density at radius 2 is 0.918 bits per heavy atom. The topological polar surface area (TPSA) is 6.48 Å². The summed E-state index contributed by atoms with van der Waals surface area (Å²) in [7, 11) is -3.34. The van der Waals surface area contributed by atoms with E-state index in [1.165, 1.54) is 152 Å². The van der Waals surface area contributed by atoms with E-state index in [4.69, 9.17) is 0 Å². The minimum absolute atomic E-state index is 0.122. The Balaban J connectivity index is 1.32. The number of anilines is 6. The first-order valence-electron chi connectivity index (χ1n) is 23.4. The van der Waals surface area contributed by atoms with Crippen molar-refractivity contribution in [3.63, 3.8) is 0 Å². The highest BCUT2D eigenvalue weighted by Crippen LogP contribution is 2.50. The fourth-order valence-corrected chi connectivity index (χ4v) is 14.5. The zero-order valence-electron chi connectivity index (χ0n) is 37.7. The van der Waals surface area contributed by atoms with Gasteiger partial charge >= 0.3 is 0 Å². The maximum absolute atomic E-state index is 2.74. The van der Waals surface area contributed by atoms with E-state index in [2.05, 4.69) is 177 Å². The number of fused-ring (bicyclic) bond motifs is 4. The summed E-state index contributed by atoms with van der Waals surface area (Å²) in [5.74, 6) is 1.15. The molecule has 4 aliphatic rings. The van der Waals surface area contributed by atoms with Gasteiger partial charge in [-0.1, -0.05) is 179 Å². The molecular formula is C55H63BN2SSi2. The highest BCUT2D eigenvalue weighted by atomic mass is 32.2. The molecule has 2 aliphatic heterocycles. The van der Waals surface area contributed by atoms with Crippen LogP contribution in [0.3, 0.4) is 0 Å². The third-order valence-corrected chi connectivity index (χ3v) is 19.8. The average Bonchev–Trinajstić information content (AvgIpc) is 3.27. The maximum Gasteiger partial charge on any atom is 0.252 e. The van der Waals surface area contributed by atoms with Gasteiger partial charge in [0.15, 0.2) is 0 Å². The van der Waals surface area contributed by atoms with Gasteiger partial charge in [-0.2, -0.15) is 0 Å². The molecule has 0 unspecified atom stereocenters. The quantitative estimate of drug-likeness (QED) is 0.141. The second kappa shape index (κ2) is 16.2. The summed E-state index contributed by atoms with van der Waals surface area (Å²) in [4.78, 5) is 8.10. The van der Waals surface area contributed by atoms with E-state index >= 15 is 0 Å². The second-order valence-corrected chi connectivity index (χ2v) is 32.0. The highest BCUT2D eigenvalue weighted by Gasteiger charge is 2.45. The summed E-state index contributed by atoms with van der Waals surface area (Å²) in [5.41, 5.74) is 16.9. The van der Waals surface area contributed by atoms with Gasteiger partial charge in [0.25, 0.3) is 6.71 Å². The number of hydrogen-bond donors (Lipinski definition) is 0. The third kappa shape index (κ3) is 7.48. The van der Waals surface area contributed by atoms with Crippen molar-refractivity contribution in [3.8, 4) is 0 Å². The molecule has 0 atom stereocenters. The minimum Gasteiger partial charge on any atom is -0.311 e. The lowest BCUT2D eigenvalue weighted by atomic mass is 9.33. The first kappa shape index (κ1) is 40.8. The molecule has 6 aromatic carbocycles. The standard InChI is InChI=1S/C55H63BN2SSi2/c1-38-20-14-19-29-54(38)59-41-34-52-55-53(35-41)58(49-28-18-16-26-45(49)40-23-12-9-13-24-40)51-33-31-43(61(5,6)7)37-47(51)56(55)46-36-42(60(2,3)4)30-32-50(46)57(52)48-27-17-15-25-44(48)39-21-10-8-11-22-39/h14-20,25-37,39-40H,8-13,21-24H2,1-7H3. The van der Waals surface area contributed by atoms with Gasteiger partial charge in [-0.3, -0.25) is 0 Å². The predicted molar refractivity (Wildman–Crippen MR) is 273 cm³/mol. The van der Waals surface area contributed by atoms with Crippen molar-refractivity contribution < 1.29 is 0 Å². The molecule has 10 rings (SSSR count). The molecule has 310 valence electrons. The van der Waals surface area contributed by atoms with Gasteiger partial charge < -0.3 is 9.80 Å². The van der Waals surface area contributed by atoms with E-state index in [9.17, 15) is 0 Å². The van der Waals surface area contributed by atoms with Crippen molar-refractivity contribution in [2.45, 2.75) is 132 Å². The molecule has 6 heteroatoms. The summed E-state index contributed by atoms with van der Waals surface area (Å²) in [6.07, 6.45) is 13.1. The van der Waals surface area contributed by atoms with Crippen LogP contribution in [0.1, 0.15) is 92.7 Å². The van der Waals surface area contributed by atoms with Crippen LogP contribution < -0.4 is 36.6 Å². The zero-order valence-corrected chi connectivity index (χ0v) is 40.5. The van der Waals surface area contributed by atoms with Crippen molar-refractivity contribution in [1.29, 1.82) is 0 Å². The van der Waals surface area contributed by atoms with Gasteiger partial charge in [0.2, 0.25) is 0 Å². The number of nitrogens with zero attached hydrogens (tertiary/aromatic N) is 2. The molecule has 0 spiro atoms. The monoisotopic (exact) mass is 850 g/mol. The Labute approximate surface area is 373 Å². The summed E-state index contributed by atoms with van der Waals surface area (Å²) >= 11 is 1.93. The van der Waals surface area contributed by atoms with Crippen LogP contribution in [0.5, 0.6) is 0 Å². The average molecular weight is 851 g/mol. The lowest BCUT2D eigenvalue weighted by molar-refractivity contribution is 0.444. The largest absolute Gasteiger partial charge is 0.311 e. The van der Waals surface area contributed by atoms with Gasteiger partial charge in [0.05, 0.1) is 16.1 Å². The molecule has 0 N–H and O–H groups in total. The Kier molecular flexibility index (Phi) is 10.8. The molecule has 0 bridgehead atoms. The van der Waals surface area contributed by atoms with Gasteiger partial charge in [-0.25, -0.2) is 0 Å². The zero-order chi connectivity index (χ0) is 42.0. The van der Waals surface area contributed by atoms with Crippen LogP contribution in [-0.2, 0) is 0 Å². The van der Waals surface area contributed by atoms with Crippen LogP contribution in [-0.4, -0.2) is 22.9 Å². The van der Waals surface area contributed by atoms with Gasteiger partial charge in [0.1, 0.15) is 0 Å². The Morgan fingerprint density at radius 3 is 1.38 bits per heavy atom. The van der Waals surface area contributed by atoms with E-state index in [-0.39, 0.29) is 6.71 Å². The van der Waals surface area contributed by atoms with E-state index < -0.39 is 16.1 Å². The van der Waals surface area contributed by atoms with Gasteiger partial charge in [-0.15, -0.1) is 0 Å². The normalized spacial score (nSPS) is 16.9. The van der Waals surface area contributed by atoms with E-state index in [1.54, 1.807) is 0 Å². The summed E-state index contributed by atoms with van der Waals surface area (Å²) in [6.45, 7) is 17.5. The molecule has 0 radical (unpaired) electrons. The predicted octanol–water partition coefficient (Wildman–Crippen LogP) is 13.4. The summed E-state index contributed by atoms with van der Waals surface area (Å²) < 4.78 is 0. The molecule has 2 fully saturated rings. The fraction of sp³-hybridized carbons (Fsp3) is 0.345. The van der Waals surface area contributed by atoms with Crippen LogP contribution in [0, 0.1) is 6.92 Å². The smallest absolute Gasteiger partial charge is 0.252 e. The van der Waals surface area contributed by atoms with Crippen molar-refractivity contribution in [2.75, 3.05) is 9.80 Å². The minimum atomic E-state index is -1.67. The van der Waals surface area contributed by atoms with Crippen LogP contribution in [0.25, 0.3) is 0 Å². The molecule has 0 amide bonds. The number of para-hydroxylation sites is 2. The molecule has 2 heterocycles. The van der Waals surface area contributed by atoms with Crippen LogP contribution in [0.4, 0.5) is 34.1 Å². The molecule has 2 nitrogen and oxygen atoms in total. The first-order valence-corrected chi connectivity index (χ1v) is 31.3. The van der Waals surface area contributed by atoms with Crippen LogP contribution >= 0.6 is 11.8 Å². The van der Waals surface area contributed by atoms with Crippen molar-refractivity contribution >= 4 is 95.5 Å². The first-order chi connectivity index (χ1) is 29.5. The van der Waals surface area contributed by atoms with E-state index in [0.29, 0.717) is 11.8 Å². The molecule has 0 aromatic heterocycles. The lowest BCUT2D eigenvalue weighted by Crippen LogP contribution is -2.63. The molecule has 61 heavy (non-hydrogen) atoms. The Morgan fingerprint density at radius 1 is 0.475 bits per heavy atom. The molecular weight excluding hydrogens is 788 g/mol. The molecule has 2 aliphatic carbocycles. The number of hydrogen-bond acceptors (Lipinski definition) is 3. The molecule has 0 saturated heterocycles. The van der Waals surface area contributed by atoms with Gasteiger partial charge in [0, 0.05) is 43.9 Å². The van der Waals surface area contributed by atoms with Crippen molar-refractivity contribution in [2.24, 2.45) is 0 Å². The highest BCUT2D eigenvalue weighted by molar-refractivity contribution is 7.99. The Hall–Kier alpha value is -4.23. The lowest BCUT2D eigenvalue weighted by Gasteiger charge is -2.46. The van der Waals surface area contributed by atoms with Crippen LogP contribution in [0.2, 0.25) is 39.3 Å². The summed E-state index contributed by atoms with van der Waals surface area (Å²) in [6, 6.07) is 48.5. The Bertz CT molecular complexity index is 2460. The van der Waals surface area contributed by atoms with Crippen molar-refractivity contribution in [3.05, 3.63) is 138 Å². The third-order valence-electron chi connectivity index (χ3n) is 14.5. The van der Waals surface area contributed by atoms with E-state index in [1.807, 2.05) is 11.8 Å². The SMILES string of the molecule is Cc1ccccc1Sc1cc2c3c(c1)N(c1ccccc1C1CCCCC1)c1ccc([Si](C)(C)C)cc1B3c1cc([Si](C)(C)C)ccc1N2c1ccccc1C1CCCCC1. The van der Waals surface area contributed by atoms with E-state index in [0.717, 1.165) is 0 Å². The fourth-order valence-electron chi connectivity index (χ4n) is 11.2. The maximum atomic E-state index is 2.74. The van der Waals surface area contributed by atoms with Crippen LogP contribution in [0.15, 0.2) is 131 Å². The molecule has 2 saturated carbocycles. The van der Waals surface area contributed by atoms with Crippen molar-refractivity contribution in [1.82, 2.24) is 0 Å². The number of aryl methyl sites for hydroxylation is 1. The number of benzene rings is 6. The number of rotatable bonds is 8. The van der Waals surface area contributed by atoms with Gasteiger partial charge in [-0.05, 0) is 120 Å². The second-order valence-electron chi connectivity index (χ2n) is 20.7.